The first kappa shape index (κ1) is 18.4. The number of pyridine rings is 1. The SMILES string of the molecule is [2H]C1(c2ccc(-c3ccc(-c4ccccc4C)[n+](C)c3)cc2)CC2CCC1(C)C2(C)C. The second-order valence-corrected chi connectivity index (χ2v) is 10.3. The Morgan fingerprint density at radius 2 is 1.63 bits per heavy atom. The van der Waals surface area contributed by atoms with Gasteiger partial charge in [-0.05, 0) is 77.7 Å². The van der Waals surface area contributed by atoms with E-state index in [1.165, 1.54) is 46.4 Å². The lowest BCUT2D eigenvalue weighted by Crippen LogP contribution is -2.31. The fraction of sp³-hybridized carbons (Fsp3) is 0.414. The molecule has 1 heterocycles. The minimum absolute atomic E-state index is 0.0494. The van der Waals surface area contributed by atoms with Gasteiger partial charge in [-0.3, -0.25) is 0 Å². The molecule has 0 radical (unpaired) electrons. The Labute approximate surface area is 183 Å². The molecule has 2 aromatic carbocycles. The van der Waals surface area contributed by atoms with E-state index in [0.717, 1.165) is 6.42 Å². The summed E-state index contributed by atoms with van der Waals surface area (Å²) in [5.74, 6) is 0.194. The molecule has 5 rings (SSSR count). The number of benzene rings is 2. The zero-order valence-corrected chi connectivity index (χ0v) is 19.0. The van der Waals surface area contributed by atoms with Crippen molar-refractivity contribution < 1.29 is 5.94 Å². The topological polar surface area (TPSA) is 3.88 Å². The van der Waals surface area contributed by atoms with Crippen LogP contribution in [0.2, 0.25) is 0 Å². The first-order chi connectivity index (χ1) is 14.7. The summed E-state index contributed by atoms with van der Waals surface area (Å²) in [7, 11) is 2.12. The molecule has 3 aromatic rings. The van der Waals surface area contributed by atoms with E-state index >= 15 is 0 Å². The van der Waals surface area contributed by atoms with Crippen molar-refractivity contribution in [2.24, 2.45) is 23.8 Å². The molecule has 0 saturated heterocycles. The predicted octanol–water partition coefficient (Wildman–Crippen LogP) is 7.08. The maximum atomic E-state index is 9.51. The van der Waals surface area contributed by atoms with Crippen molar-refractivity contribution in [1.82, 2.24) is 0 Å². The van der Waals surface area contributed by atoms with E-state index in [0.29, 0.717) is 5.92 Å². The number of fused-ring (bicyclic) bond motifs is 2. The van der Waals surface area contributed by atoms with E-state index in [2.05, 4.69) is 106 Å². The lowest BCUT2D eigenvalue weighted by molar-refractivity contribution is -0.659. The fourth-order valence-electron chi connectivity index (χ4n) is 6.18. The van der Waals surface area contributed by atoms with Crippen LogP contribution >= 0.6 is 0 Å². The molecule has 2 aliphatic rings. The van der Waals surface area contributed by atoms with Gasteiger partial charge in [0.25, 0.3) is 0 Å². The molecule has 0 amide bonds. The lowest BCUT2D eigenvalue weighted by atomic mass is 9.65. The molecule has 2 fully saturated rings. The summed E-state index contributed by atoms with van der Waals surface area (Å²) in [6, 6.07) is 21.9. The average Bonchev–Trinajstić information content (AvgIpc) is 3.07. The van der Waals surface area contributed by atoms with Gasteiger partial charge in [0.05, 0.1) is 0 Å². The molecule has 3 atom stereocenters. The highest BCUT2D eigenvalue weighted by molar-refractivity contribution is 5.66. The largest absolute Gasteiger partial charge is 0.212 e. The third-order valence-electron chi connectivity index (χ3n) is 8.67. The minimum Gasteiger partial charge on any atom is -0.200 e. The van der Waals surface area contributed by atoms with E-state index in [4.69, 9.17) is 0 Å². The molecule has 2 bridgehead atoms. The van der Waals surface area contributed by atoms with Crippen LogP contribution in [0, 0.1) is 23.7 Å². The number of rotatable bonds is 3. The third-order valence-corrected chi connectivity index (χ3v) is 8.67. The quantitative estimate of drug-likeness (QED) is 0.416. The van der Waals surface area contributed by atoms with Crippen LogP contribution in [0.1, 0.15) is 58.4 Å². The second-order valence-electron chi connectivity index (χ2n) is 10.3. The highest BCUT2D eigenvalue weighted by atomic mass is 14.9. The standard InChI is InChI=1S/C29H34N/c1-20-8-6-7-9-25(20)27-15-14-23(19-30(27)5)21-10-12-22(13-11-21)26-18-24-16-17-29(26,4)28(24,2)3/h6-15,19,24,26H,16-18H2,1-5H3/q+1/i26D. The van der Waals surface area contributed by atoms with Gasteiger partial charge in [-0.1, -0.05) is 63.2 Å². The molecule has 3 unspecified atom stereocenters. The molecule has 0 N–H and O–H groups in total. The Morgan fingerprint density at radius 1 is 0.933 bits per heavy atom. The summed E-state index contributed by atoms with van der Waals surface area (Å²) in [5.41, 5.74) is 7.70. The van der Waals surface area contributed by atoms with Crippen molar-refractivity contribution in [2.45, 2.75) is 52.9 Å². The molecule has 0 aliphatic heterocycles. The lowest BCUT2D eigenvalue weighted by Gasteiger charge is -2.39. The molecule has 30 heavy (non-hydrogen) atoms. The number of hydrogen-bond acceptors (Lipinski definition) is 0. The molecule has 2 saturated carbocycles. The van der Waals surface area contributed by atoms with Gasteiger partial charge < -0.3 is 0 Å². The van der Waals surface area contributed by atoms with Crippen LogP contribution in [0.4, 0.5) is 0 Å². The number of hydrogen-bond donors (Lipinski definition) is 0. The maximum Gasteiger partial charge on any atom is 0.212 e. The Hall–Kier alpha value is -2.41. The summed E-state index contributed by atoms with van der Waals surface area (Å²) in [5, 5.41) is 0. The van der Waals surface area contributed by atoms with Gasteiger partial charge in [-0.2, -0.15) is 0 Å². The summed E-state index contributed by atoms with van der Waals surface area (Å²) >= 11 is 0. The van der Waals surface area contributed by atoms with Crippen LogP contribution in [-0.2, 0) is 7.05 Å². The highest BCUT2D eigenvalue weighted by Crippen LogP contribution is 2.70. The molecular weight excluding hydrogens is 362 g/mol. The highest BCUT2D eigenvalue weighted by Gasteiger charge is 2.61. The van der Waals surface area contributed by atoms with Gasteiger partial charge >= 0.3 is 0 Å². The number of aromatic nitrogens is 1. The molecular formula is C29H34N+. The van der Waals surface area contributed by atoms with E-state index in [-0.39, 0.29) is 10.8 Å². The number of nitrogens with zero attached hydrogens (tertiary/aromatic N) is 1. The van der Waals surface area contributed by atoms with Crippen LogP contribution in [-0.4, -0.2) is 0 Å². The first-order valence-corrected chi connectivity index (χ1v) is 11.3. The molecule has 1 nitrogen and oxygen atoms in total. The van der Waals surface area contributed by atoms with Crippen LogP contribution in [0.15, 0.2) is 66.9 Å². The minimum atomic E-state index is -0.475. The predicted molar refractivity (Wildman–Crippen MR) is 125 cm³/mol. The summed E-state index contributed by atoms with van der Waals surface area (Å²) < 4.78 is 11.7. The zero-order chi connectivity index (χ0) is 22.0. The van der Waals surface area contributed by atoms with Crippen molar-refractivity contribution in [3.05, 3.63) is 78.0 Å². The van der Waals surface area contributed by atoms with Crippen molar-refractivity contribution in [2.75, 3.05) is 0 Å². The normalized spacial score (nSPS) is 29.8. The van der Waals surface area contributed by atoms with Crippen LogP contribution in [0.5, 0.6) is 0 Å². The molecule has 2 aliphatic carbocycles. The molecule has 0 spiro atoms. The maximum absolute atomic E-state index is 9.51. The fourth-order valence-corrected chi connectivity index (χ4v) is 6.18. The number of aryl methyl sites for hydroxylation is 2. The van der Waals surface area contributed by atoms with Gasteiger partial charge in [0.15, 0.2) is 6.20 Å². The van der Waals surface area contributed by atoms with E-state index in [1.54, 1.807) is 0 Å². The Balaban J connectivity index is 1.46. The summed E-state index contributed by atoms with van der Waals surface area (Å²) in [4.78, 5) is 0. The van der Waals surface area contributed by atoms with E-state index in [9.17, 15) is 1.37 Å². The van der Waals surface area contributed by atoms with Gasteiger partial charge in [0, 0.05) is 18.6 Å². The van der Waals surface area contributed by atoms with Gasteiger partial charge in [-0.25, -0.2) is 4.57 Å². The molecule has 154 valence electrons. The Morgan fingerprint density at radius 3 is 2.23 bits per heavy atom. The first-order valence-electron chi connectivity index (χ1n) is 11.8. The third kappa shape index (κ3) is 2.78. The zero-order valence-electron chi connectivity index (χ0n) is 20.0. The van der Waals surface area contributed by atoms with E-state index in [1.807, 2.05) is 0 Å². The van der Waals surface area contributed by atoms with Gasteiger partial charge in [-0.15, -0.1) is 0 Å². The van der Waals surface area contributed by atoms with Gasteiger partial charge in [0.1, 0.15) is 7.05 Å². The second kappa shape index (κ2) is 6.80. The Kier molecular flexibility index (Phi) is 4.17. The van der Waals surface area contributed by atoms with Crippen LogP contribution in [0.3, 0.4) is 0 Å². The van der Waals surface area contributed by atoms with Crippen LogP contribution in [0.25, 0.3) is 22.4 Å². The van der Waals surface area contributed by atoms with Crippen molar-refractivity contribution in [3.8, 4) is 22.4 Å². The van der Waals surface area contributed by atoms with E-state index < -0.39 is 5.89 Å². The van der Waals surface area contributed by atoms with Crippen molar-refractivity contribution >= 4 is 0 Å². The Bertz CT molecular complexity index is 1150. The summed E-state index contributed by atoms with van der Waals surface area (Å²) in [6.07, 6.45) is 5.67. The monoisotopic (exact) mass is 397 g/mol. The average molecular weight is 398 g/mol. The van der Waals surface area contributed by atoms with Crippen molar-refractivity contribution in [3.63, 3.8) is 0 Å². The van der Waals surface area contributed by atoms with Gasteiger partial charge in [0.2, 0.25) is 5.69 Å². The smallest absolute Gasteiger partial charge is 0.200 e. The molecule has 1 heteroatoms. The molecule has 1 aromatic heterocycles. The summed E-state index contributed by atoms with van der Waals surface area (Å²) in [6.45, 7) is 9.32. The van der Waals surface area contributed by atoms with Crippen molar-refractivity contribution in [1.29, 1.82) is 0 Å². The van der Waals surface area contributed by atoms with Crippen LogP contribution < -0.4 is 4.57 Å².